The number of hydrogen-bond donors (Lipinski definition) is 25. The van der Waals surface area contributed by atoms with Crippen molar-refractivity contribution in [1.29, 1.82) is 10.8 Å². The summed E-state index contributed by atoms with van der Waals surface area (Å²) in [4.78, 5) is 236. The number of rotatable bonds is 62. The van der Waals surface area contributed by atoms with Gasteiger partial charge in [-0.3, -0.25) is 92.1 Å². The van der Waals surface area contributed by atoms with E-state index in [1.54, 1.807) is 93.7 Å². The van der Waals surface area contributed by atoms with E-state index < -0.39 is 215 Å². The second-order valence-corrected chi connectivity index (χ2v) is 38.5. The number of carbonyl (C=O) groups is 16. The van der Waals surface area contributed by atoms with Crippen LogP contribution in [0, 0.1) is 16.7 Å². The van der Waals surface area contributed by atoms with Crippen LogP contribution in [0.15, 0.2) is 131 Å². The van der Waals surface area contributed by atoms with Crippen LogP contribution in [-0.2, 0) is 88.5 Å². The number of para-hydroxylation sites is 1. The number of fused-ring (bicyclic) bond motifs is 2. The van der Waals surface area contributed by atoms with Crippen molar-refractivity contribution >= 4 is 161 Å². The zero-order valence-corrected chi connectivity index (χ0v) is 85.2. The first-order chi connectivity index (χ1) is 70.6. The Balaban J connectivity index is 0.946. The molecule has 48 nitrogen and oxygen atoms in total. The number of nitrogens with zero attached hydrogens (tertiary/aromatic N) is 5. The van der Waals surface area contributed by atoms with E-state index in [-0.39, 0.29) is 159 Å². The number of hydrogen-bond acceptors (Lipinski definition) is 26. The molecule has 0 radical (unpaired) electrons. The zero-order chi connectivity index (χ0) is 108. The summed E-state index contributed by atoms with van der Waals surface area (Å²) in [6.45, 7) is 7.00. The number of likely N-dealkylation sites (tertiary alicyclic amines) is 2. The Labute approximate surface area is 858 Å². The van der Waals surface area contributed by atoms with Gasteiger partial charge in [-0.25, -0.2) is 0 Å². The van der Waals surface area contributed by atoms with Gasteiger partial charge in [0.2, 0.25) is 82.7 Å². The number of carboxylic acid groups (broad SMARTS) is 1. The summed E-state index contributed by atoms with van der Waals surface area (Å²) in [5.41, 5.74) is 32.5. The largest absolute Gasteiger partial charge is 0.481 e. The van der Waals surface area contributed by atoms with Crippen LogP contribution in [0.1, 0.15) is 185 Å². The van der Waals surface area contributed by atoms with Gasteiger partial charge in [0, 0.05) is 130 Å². The quantitative estimate of drug-likeness (QED) is 0.00840. The number of nitrogens with two attached hydrogens (primary N) is 5. The second-order valence-electron chi connectivity index (χ2n) is 37.1. The van der Waals surface area contributed by atoms with Gasteiger partial charge in [0.1, 0.15) is 77.4 Å². The number of amides is 15. The minimum atomic E-state index is -4.61. The molecular formula is C99H144N28O20S. The molecule has 0 bridgehead atoms. The molecule has 0 spiro atoms. The summed E-state index contributed by atoms with van der Waals surface area (Å²) in [6.07, 6.45) is 1.99. The van der Waals surface area contributed by atoms with E-state index in [1.807, 2.05) is 43.3 Å². The maximum absolute atomic E-state index is 15.3. The molecule has 148 heavy (non-hydrogen) atoms. The number of aromatic amines is 1. The normalized spacial score (nSPS) is 15.4. The Bertz CT molecular complexity index is 5750. The molecule has 12 atom stereocenters. The van der Waals surface area contributed by atoms with Crippen LogP contribution in [-0.4, -0.2) is 285 Å². The monoisotopic (exact) mass is 2080 g/mol. The zero-order valence-electron chi connectivity index (χ0n) is 84.4. The van der Waals surface area contributed by atoms with Crippen molar-refractivity contribution in [3.05, 3.63) is 127 Å². The number of H-pyrrole nitrogens is 1. The van der Waals surface area contributed by atoms with Crippen LogP contribution < -0.4 is 113 Å². The van der Waals surface area contributed by atoms with Crippen molar-refractivity contribution < 1.29 is 94.8 Å². The predicted molar refractivity (Wildman–Crippen MR) is 554 cm³/mol. The average molecular weight is 2080 g/mol. The van der Waals surface area contributed by atoms with Crippen LogP contribution in [0.2, 0.25) is 0 Å². The number of primary amides is 1. The summed E-state index contributed by atoms with van der Waals surface area (Å²) in [5.74, 6) is -15.0. The lowest BCUT2D eigenvalue weighted by Gasteiger charge is -2.32. The topological polar surface area (TPSA) is 756 Å². The maximum atomic E-state index is 15.3. The molecule has 5 aromatic carbocycles. The Kier molecular flexibility index (Phi) is 47.6. The van der Waals surface area contributed by atoms with Crippen molar-refractivity contribution in [1.82, 2.24) is 89.2 Å². The molecule has 30 N–H and O–H groups in total. The summed E-state index contributed by atoms with van der Waals surface area (Å²) in [5, 5.41) is 76.0. The van der Waals surface area contributed by atoms with Gasteiger partial charge in [-0.1, -0.05) is 69.7 Å². The lowest BCUT2D eigenvalue weighted by atomic mass is 10.0. The van der Waals surface area contributed by atoms with E-state index in [9.17, 15) is 75.6 Å². The van der Waals surface area contributed by atoms with Crippen LogP contribution in [0.5, 0.6) is 0 Å². The standard InChI is InChI=1S/C99H144N28O20S/c1-7-21-71(89(136)121-77(56-61-57-112-68-25-9-8-22-65(61)68)92(139)117-72(29-16-50-110-98(103)104)90(137)118-73(88(135)113-59(4)86(133)115-70(85(102)132)26-10-12-47-100)43-45-81(128)108-53-52-107-69-28-14-24-67-66(69)23-15-33-80(67)148(145,146)147)116-91(138)74(44-46-83(130)131)119-95(142)84(58(2)3)122-94(141)79-32-20-55-127(79)97(144)76(27-11-13-48-101)120-93(140)78-31-19-54-126(78)96(143)75(30-17-51-111-99(105)106)114-82(129)34-18-49-109-87(134)60-35-37-62(38-36-60)123-124-63-39-41-64(42-40-63)125(5)6/h8-9,14-15,22-25,28,33,35-42,57-59,70-79,84,107,112H,7,10-13,16-21,26-27,29-32,34,43-56,100-101H2,1-6H3,(H2,102,132)(H,108,128)(H,109,134)(H,113,135)(H,114,129)(H,115,133)(H,116,138)(H,117,139)(H,118,137)(H,119,142)(H,120,140)(H,121,136)(H,122,141)(H,130,131)(H4,103,104,110)(H4,105,106,111)(H,145,146,147)/t59-,70-,71-,72-,73-,74-,75-,76-,77-,78-,79-,84-/m0/s1. The molecule has 2 aliphatic rings. The van der Waals surface area contributed by atoms with Crippen molar-refractivity contribution in [3.63, 3.8) is 0 Å². The highest BCUT2D eigenvalue weighted by Crippen LogP contribution is 2.31. The SMILES string of the molecule is CCC[C@H](NC(=O)[C@H](CCC(=O)O)NC(=O)[C@@H](NC(=O)[C@@H]1CCCN1C(=O)[C@H](CCCCN)NC(=O)[C@@H]1CCCN1C(=O)[C@H](CCCNC(=N)N)NC(=O)CCCNC(=O)c1ccc(N=Nc2ccc(N(C)C)cc2)cc1)C(C)C)C(=O)N[C@@H](Cc1c[nH]c2ccccc12)C(=O)N[C@@H](CCCNC(=N)N)C(=O)N[C@@H](CCC(=O)NCCNc1cccc2c(S(=O)(=O)O)cccc12)C(=O)N[C@@H](C)C(=O)N[C@@H](CCCCN)C(N)=O. The third kappa shape index (κ3) is 37.5. The first-order valence-electron chi connectivity index (χ1n) is 49.9. The smallest absolute Gasteiger partial charge is 0.303 e. The van der Waals surface area contributed by atoms with E-state index in [1.165, 1.54) is 34.9 Å². The molecule has 0 aliphatic carbocycles. The lowest BCUT2D eigenvalue weighted by molar-refractivity contribution is -0.145. The van der Waals surface area contributed by atoms with Gasteiger partial charge in [-0.05, 0) is 214 Å². The fourth-order valence-corrected chi connectivity index (χ4v) is 17.9. The number of carboxylic acids is 1. The molecule has 3 heterocycles. The lowest BCUT2D eigenvalue weighted by Crippen LogP contribution is -2.61. The first-order valence-corrected chi connectivity index (χ1v) is 51.4. The molecule has 0 unspecified atom stereocenters. The second kappa shape index (κ2) is 59.6. The van der Waals surface area contributed by atoms with Crippen LogP contribution >= 0.6 is 0 Å². The number of aliphatic carboxylic acids is 1. The number of unbranched alkanes of at least 4 members (excludes halogenated alkanes) is 2. The van der Waals surface area contributed by atoms with Crippen molar-refractivity contribution in [2.24, 2.45) is 44.8 Å². The summed E-state index contributed by atoms with van der Waals surface area (Å²) in [6, 6.07) is 12.9. The van der Waals surface area contributed by atoms with Gasteiger partial charge in [-0.2, -0.15) is 18.6 Å². The molecule has 806 valence electrons. The average Bonchev–Trinajstić information content (AvgIpc) is 1.72. The molecule has 2 aliphatic heterocycles. The summed E-state index contributed by atoms with van der Waals surface area (Å²) < 4.78 is 34.3. The fraction of sp³-hybridized carbons (Fsp3) is 0.515. The highest BCUT2D eigenvalue weighted by molar-refractivity contribution is 7.86. The Morgan fingerprint density at radius 3 is 1.52 bits per heavy atom. The van der Waals surface area contributed by atoms with Gasteiger partial charge >= 0.3 is 5.97 Å². The highest BCUT2D eigenvalue weighted by Gasteiger charge is 2.44. The number of aromatic nitrogens is 1. The van der Waals surface area contributed by atoms with Gasteiger partial charge in [0.15, 0.2) is 11.9 Å². The minimum Gasteiger partial charge on any atom is -0.481 e. The molecule has 15 amide bonds. The Hall–Kier alpha value is -15.0. The molecular weight excluding hydrogens is 1930 g/mol. The van der Waals surface area contributed by atoms with Gasteiger partial charge in [0.25, 0.3) is 16.0 Å². The van der Waals surface area contributed by atoms with Gasteiger partial charge in [-0.15, -0.1) is 0 Å². The third-order valence-corrected chi connectivity index (χ3v) is 26.1. The first kappa shape index (κ1) is 118. The van der Waals surface area contributed by atoms with Crippen molar-refractivity contribution in [2.45, 2.75) is 253 Å². The van der Waals surface area contributed by atoms with E-state index in [0.29, 0.717) is 83.0 Å². The molecule has 2 saturated heterocycles. The number of anilines is 2. The molecule has 8 rings (SSSR count). The number of carbonyl (C=O) groups excluding carboxylic acids is 15. The number of guanidine groups is 2. The van der Waals surface area contributed by atoms with E-state index in [4.69, 9.17) is 39.5 Å². The summed E-state index contributed by atoms with van der Waals surface area (Å²) in [7, 11) is -0.747. The summed E-state index contributed by atoms with van der Waals surface area (Å²) >= 11 is 0. The molecule has 1 aromatic heterocycles. The Morgan fingerprint density at radius 2 is 0.959 bits per heavy atom. The van der Waals surface area contributed by atoms with Crippen LogP contribution in [0.3, 0.4) is 0 Å². The van der Waals surface area contributed by atoms with Gasteiger partial charge in [0.05, 0.1) is 11.4 Å². The third-order valence-electron chi connectivity index (χ3n) is 25.2. The molecule has 0 saturated carbocycles. The molecule has 49 heteroatoms. The van der Waals surface area contributed by atoms with Gasteiger partial charge < -0.3 is 133 Å². The van der Waals surface area contributed by atoms with E-state index >= 15 is 19.2 Å². The Morgan fingerprint density at radius 1 is 0.473 bits per heavy atom. The number of nitrogens with one attached hydrogen (secondary N) is 18. The van der Waals surface area contributed by atoms with E-state index in [0.717, 1.165) is 5.69 Å². The van der Waals surface area contributed by atoms with E-state index in [2.05, 4.69) is 95.0 Å². The number of azo groups is 1. The molecule has 2 fully saturated rings. The van der Waals surface area contributed by atoms with Crippen LogP contribution in [0.4, 0.5) is 22.7 Å². The molecule has 6 aromatic rings. The highest BCUT2D eigenvalue weighted by atomic mass is 32.2. The minimum absolute atomic E-state index is 0.00390. The maximum Gasteiger partial charge on any atom is 0.303 e. The number of benzene rings is 5. The fourth-order valence-electron chi connectivity index (χ4n) is 17.1. The van der Waals surface area contributed by atoms with Crippen molar-refractivity contribution in [3.8, 4) is 0 Å². The van der Waals surface area contributed by atoms with Crippen molar-refractivity contribution in [2.75, 3.05) is 83.2 Å². The van der Waals surface area contributed by atoms with Crippen LogP contribution in [0.25, 0.3) is 21.7 Å². The predicted octanol–water partition coefficient (Wildman–Crippen LogP) is 1.25.